The number of carbonyl (C=O) groups excluding carboxylic acids is 1. The monoisotopic (exact) mass is 259 g/mol. The molecule has 1 unspecified atom stereocenters. The van der Waals surface area contributed by atoms with Gasteiger partial charge in [-0.15, -0.1) is 0 Å². The molecule has 1 aliphatic heterocycles. The number of nitrogens with two attached hydrogens (primary N) is 1. The lowest BCUT2D eigenvalue weighted by Gasteiger charge is -2.16. The van der Waals surface area contributed by atoms with Gasteiger partial charge in [0.1, 0.15) is 0 Å². The Morgan fingerprint density at radius 3 is 2.81 bits per heavy atom. The van der Waals surface area contributed by atoms with Crippen molar-refractivity contribution in [1.29, 1.82) is 0 Å². The fraction of sp³-hybridized carbons (Fsp3) is 0.300. The molecule has 4 nitrogen and oxygen atoms in total. The van der Waals surface area contributed by atoms with Gasteiger partial charge in [-0.1, -0.05) is 23.2 Å². The van der Waals surface area contributed by atoms with Crippen molar-refractivity contribution >= 4 is 34.9 Å². The van der Waals surface area contributed by atoms with E-state index < -0.39 is 0 Å². The zero-order valence-corrected chi connectivity index (χ0v) is 9.92. The minimum Gasteiger partial charge on any atom is -0.332 e. The number of urea groups is 1. The summed E-state index contributed by atoms with van der Waals surface area (Å²) in [6.45, 7) is 0.935. The van der Waals surface area contributed by atoms with Gasteiger partial charge in [0.25, 0.3) is 0 Å². The predicted molar refractivity (Wildman–Crippen MR) is 65.2 cm³/mol. The lowest BCUT2D eigenvalue weighted by molar-refractivity contribution is 0.251. The van der Waals surface area contributed by atoms with Gasteiger partial charge in [0, 0.05) is 18.1 Å². The van der Waals surface area contributed by atoms with E-state index in [1.54, 1.807) is 23.1 Å². The van der Waals surface area contributed by atoms with Gasteiger partial charge in [0.15, 0.2) is 0 Å². The largest absolute Gasteiger partial charge is 0.332 e. The van der Waals surface area contributed by atoms with Gasteiger partial charge in [-0.2, -0.15) is 0 Å². The Labute approximate surface area is 103 Å². The summed E-state index contributed by atoms with van der Waals surface area (Å²) in [6.07, 6.45) is 0. The number of nitrogens with one attached hydrogen (secondary N) is 1. The SMILES string of the molecule is NCC1CN(c2ccc(Cl)cc2Cl)C(=O)N1. The maximum absolute atomic E-state index is 11.6. The molecule has 86 valence electrons. The molecule has 1 atom stereocenters. The molecular weight excluding hydrogens is 249 g/mol. The number of hydrogen-bond acceptors (Lipinski definition) is 2. The van der Waals surface area contributed by atoms with Crippen LogP contribution in [-0.2, 0) is 0 Å². The first kappa shape index (κ1) is 11.5. The molecule has 1 heterocycles. The molecule has 1 aromatic rings. The van der Waals surface area contributed by atoms with E-state index >= 15 is 0 Å². The van der Waals surface area contributed by atoms with Gasteiger partial charge in [0.05, 0.1) is 16.8 Å². The molecule has 1 aliphatic rings. The standard InChI is InChI=1S/C10H11Cl2N3O/c11-6-1-2-9(8(12)3-6)15-5-7(4-13)14-10(15)16/h1-3,7H,4-5,13H2,(H,14,16). The highest BCUT2D eigenvalue weighted by atomic mass is 35.5. The molecule has 16 heavy (non-hydrogen) atoms. The summed E-state index contributed by atoms with van der Waals surface area (Å²) in [5.41, 5.74) is 6.16. The fourth-order valence-corrected chi connectivity index (χ4v) is 2.15. The van der Waals surface area contributed by atoms with Crippen LogP contribution in [0.4, 0.5) is 10.5 Å². The molecular formula is C10H11Cl2N3O. The molecule has 0 bridgehead atoms. The Morgan fingerprint density at radius 1 is 1.50 bits per heavy atom. The summed E-state index contributed by atoms with van der Waals surface area (Å²) in [5, 5.41) is 3.77. The van der Waals surface area contributed by atoms with Crippen LogP contribution in [-0.4, -0.2) is 25.2 Å². The molecule has 0 saturated carbocycles. The van der Waals surface area contributed by atoms with Crippen LogP contribution in [0.2, 0.25) is 10.0 Å². The zero-order valence-electron chi connectivity index (χ0n) is 8.41. The highest BCUT2D eigenvalue weighted by molar-refractivity contribution is 6.36. The van der Waals surface area contributed by atoms with E-state index in [1.165, 1.54) is 0 Å². The molecule has 6 heteroatoms. The van der Waals surface area contributed by atoms with Crippen molar-refractivity contribution in [2.75, 3.05) is 18.0 Å². The second kappa shape index (κ2) is 4.49. The van der Waals surface area contributed by atoms with Gasteiger partial charge in [0.2, 0.25) is 0 Å². The van der Waals surface area contributed by atoms with Crippen LogP contribution in [0.3, 0.4) is 0 Å². The van der Waals surface area contributed by atoms with Crippen molar-refractivity contribution in [3.63, 3.8) is 0 Å². The smallest absolute Gasteiger partial charge is 0.322 e. The average Bonchev–Trinajstić information content (AvgIpc) is 2.60. The lowest BCUT2D eigenvalue weighted by atomic mass is 10.2. The number of hydrogen-bond donors (Lipinski definition) is 2. The minimum atomic E-state index is -0.181. The van der Waals surface area contributed by atoms with Crippen molar-refractivity contribution in [2.45, 2.75) is 6.04 Å². The molecule has 2 rings (SSSR count). The van der Waals surface area contributed by atoms with Crippen LogP contribution in [0, 0.1) is 0 Å². The van der Waals surface area contributed by atoms with Gasteiger partial charge >= 0.3 is 6.03 Å². The third-order valence-corrected chi connectivity index (χ3v) is 3.00. The number of anilines is 1. The molecule has 1 saturated heterocycles. The van der Waals surface area contributed by atoms with Crippen LogP contribution < -0.4 is 16.0 Å². The number of benzene rings is 1. The van der Waals surface area contributed by atoms with Crippen molar-refractivity contribution in [1.82, 2.24) is 5.32 Å². The van der Waals surface area contributed by atoms with Gasteiger partial charge in [-0.25, -0.2) is 4.79 Å². The molecule has 0 aliphatic carbocycles. The summed E-state index contributed by atoms with van der Waals surface area (Å²) in [6, 6.07) is 4.83. The second-order valence-electron chi connectivity index (χ2n) is 3.59. The first-order valence-electron chi connectivity index (χ1n) is 4.85. The number of rotatable bonds is 2. The quantitative estimate of drug-likeness (QED) is 0.852. The summed E-state index contributed by atoms with van der Waals surface area (Å²) in [4.78, 5) is 13.2. The Hall–Kier alpha value is -0.970. The van der Waals surface area contributed by atoms with E-state index in [0.29, 0.717) is 28.8 Å². The zero-order chi connectivity index (χ0) is 11.7. The first-order chi connectivity index (χ1) is 7.61. The van der Waals surface area contributed by atoms with Crippen molar-refractivity contribution in [3.05, 3.63) is 28.2 Å². The van der Waals surface area contributed by atoms with Gasteiger partial charge in [-0.05, 0) is 18.2 Å². The summed E-state index contributed by atoms with van der Waals surface area (Å²) in [5.74, 6) is 0. The minimum absolute atomic E-state index is 0.0285. The highest BCUT2D eigenvalue weighted by Gasteiger charge is 2.29. The number of halogens is 2. The van der Waals surface area contributed by atoms with E-state index in [-0.39, 0.29) is 12.1 Å². The third-order valence-electron chi connectivity index (χ3n) is 2.46. The molecule has 3 N–H and O–H groups in total. The van der Waals surface area contributed by atoms with E-state index in [1.807, 2.05) is 0 Å². The fourth-order valence-electron chi connectivity index (χ4n) is 1.64. The van der Waals surface area contributed by atoms with Crippen LogP contribution in [0.15, 0.2) is 18.2 Å². The van der Waals surface area contributed by atoms with E-state index in [4.69, 9.17) is 28.9 Å². The lowest BCUT2D eigenvalue weighted by Crippen LogP contribution is -2.33. The maximum Gasteiger partial charge on any atom is 0.322 e. The number of amides is 2. The molecule has 0 spiro atoms. The Balaban J connectivity index is 2.28. The maximum atomic E-state index is 11.6. The molecule has 1 fully saturated rings. The van der Waals surface area contributed by atoms with Gasteiger partial charge < -0.3 is 11.1 Å². The Bertz CT molecular complexity index is 425. The topological polar surface area (TPSA) is 58.4 Å². The second-order valence-corrected chi connectivity index (χ2v) is 4.43. The highest BCUT2D eigenvalue weighted by Crippen LogP contribution is 2.30. The predicted octanol–water partition coefficient (Wildman–Crippen LogP) is 1.85. The molecule has 1 aromatic carbocycles. The summed E-state index contributed by atoms with van der Waals surface area (Å²) in [7, 11) is 0. The Kier molecular flexibility index (Phi) is 3.23. The normalized spacial score (nSPS) is 20.1. The Morgan fingerprint density at radius 2 is 2.25 bits per heavy atom. The summed E-state index contributed by atoms with van der Waals surface area (Å²) < 4.78 is 0. The molecule has 0 aromatic heterocycles. The van der Waals surface area contributed by atoms with Crippen LogP contribution in [0.5, 0.6) is 0 Å². The third kappa shape index (κ3) is 2.09. The van der Waals surface area contributed by atoms with E-state index in [9.17, 15) is 4.79 Å². The molecule has 0 radical (unpaired) electrons. The van der Waals surface area contributed by atoms with E-state index in [2.05, 4.69) is 5.32 Å². The molecule has 2 amide bonds. The first-order valence-corrected chi connectivity index (χ1v) is 5.60. The van der Waals surface area contributed by atoms with Crippen molar-refractivity contribution in [2.24, 2.45) is 5.73 Å². The van der Waals surface area contributed by atoms with Crippen LogP contribution in [0.1, 0.15) is 0 Å². The van der Waals surface area contributed by atoms with Crippen molar-refractivity contribution < 1.29 is 4.79 Å². The van der Waals surface area contributed by atoms with Gasteiger partial charge in [-0.3, -0.25) is 4.90 Å². The average molecular weight is 260 g/mol. The van der Waals surface area contributed by atoms with Crippen LogP contribution in [0.25, 0.3) is 0 Å². The van der Waals surface area contributed by atoms with E-state index in [0.717, 1.165) is 0 Å². The number of nitrogens with zero attached hydrogens (tertiary/aromatic N) is 1. The summed E-state index contributed by atoms with van der Waals surface area (Å²) >= 11 is 11.8. The number of carbonyl (C=O) groups is 1. The van der Waals surface area contributed by atoms with Crippen LogP contribution >= 0.6 is 23.2 Å². The van der Waals surface area contributed by atoms with Crippen molar-refractivity contribution in [3.8, 4) is 0 Å².